The summed E-state index contributed by atoms with van der Waals surface area (Å²) in [5.41, 5.74) is 4.17. The van der Waals surface area contributed by atoms with Crippen LogP contribution in [0.25, 0.3) is 0 Å². The Balaban J connectivity index is 3.96. The lowest BCUT2D eigenvalue weighted by Crippen LogP contribution is -2.32. The molecule has 0 unspecified atom stereocenters. The molecule has 110 valence electrons. The van der Waals surface area contributed by atoms with E-state index in [4.69, 9.17) is 0 Å². The standard InChI is InChI=1S/C17H31NO/c1-15(2)9-7-10-16(3)11-8-12-17(4)13-14-18(5,6)19/h9,11,13H,7-8,10,12,14H2,1-6H3. The summed E-state index contributed by atoms with van der Waals surface area (Å²) in [5, 5.41) is 11.4. The fourth-order valence-corrected chi connectivity index (χ4v) is 1.71. The van der Waals surface area contributed by atoms with Crippen molar-refractivity contribution in [1.29, 1.82) is 0 Å². The Labute approximate surface area is 119 Å². The minimum atomic E-state index is -0.241. The molecule has 0 fully saturated rings. The van der Waals surface area contributed by atoms with Gasteiger partial charge in [0, 0.05) is 0 Å². The molecule has 0 aliphatic rings. The predicted octanol–water partition coefficient (Wildman–Crippen LogP) is 4.98. The highest BCUT2D eigenvalue weighted by atomic mass is 16.5. The highest BCUT2D eigenvalue weighted by Gasteiger charge is 1.98. The van der Waals surface area contributed by atoms with Crippen molar-refractivity contribution in [1.82, 2.24) is 0 Å². The molecule has 0 aromatic heterocycles. The lowest BCUT2D eigenvalue weighted by atomic mass is 10.1. The SMILES string of the molecule is CC(C)=CCCC(C)=CCCC(C)=CC[N+](C)(C)[O-]. The van der Waals surface area contributed by atoms with Gasteiger partial charge in [-0.05, 0) is 59.5 Å². The van der Waals surface area contributed by atoms with E-state index < -0.39 is 0 Å². The van der Waals surface area contributed by atoms with E-state index in [1.165, 1.54) is 16.7 Å². The zero-order chi connectivity index (χ0) is 14.9. The Kier molecular flexibility index (Phi) is 8.70. The third kappa shape index (κ3) is 13.4. The molecular weight excluding hydrogens is 234 g/mol. The van der Waals surface area contributed by atoms with Crippen LogP contribution >= 0.6 is 0 Å². The highest BCUT2D eigenvalue weighted by molar-refractivity contribution is 5.05. The van der Waals surface area contributed by atoms with Gasteiger partial charge < -0.3 is 9.85 Å². The Bertz CT molecular complexity index is 339. The van der Waals surface area contributed by atoms with E-state index in [0.717, 1.165) is 25.7 Å². The summed E-state index contributed by atoms with van der Waals surface area (Å²) < 4.78 is -0.241. The van der Waals surface area contributed by atoms with Crippen LogP contribution in [0.2, 0.25) is 0 Å². The van der Waals surface area contributed by atoms with Crippen molar-refractivity contribution in [3.05, 3.63) is 40.2 Å². The number of likely N-dealkylation sites (N-methyl/N-ethyl adjacent to an activating group) is 1. The third-order valence-electron chi connectivity index (χ3n) is 3.00. The molecule has 0 aromatic rings. The summed E-state index contributed by atoms with van der Waals surface area (Å²) in [7, 11) is 3.36. The molecule has 0 saturated carbocycles. The Morgan fingerprint density at radius 2 is 1.32 bits per heavy atom. The van der Waals surface area contributed by atoms with Crippen molar-refractivity contribution < 1.29 is 4.65 Å². The van der Waals surface area contributed by atoms with Crippen LogP contribution in [0.3, 0.4) is 0 Å². The van der Waals surface area contributed by atoms with Gasteiger partial charge in [0.2, 0.25) is 0 Å². The zero-order valence-corrected chi connectivity index (χ0v) is 13.6. The second kappa shape index (κ2) is 9.11. The molecule has 19 heavy (non-hydrogen) atoms. The van der Waals surface area contributed by atoms with Gasteiger partial charge in [0.05, 0.1) is 20.6 Å². The first-order valence-electron chi connectivity index (χ1n) is 7.19. The number of hydrogen-bond acceptors (Lipinski definition) is 1. The molecule has 0 amide bonds. The van der Waals surface area contributed by atoms with Crippen molar-refractivity contribution in [2.75, 3.05) is 20.6 Å². The van der Waals surface area contributed by atoms with E-state index in [9.17, 15) is 5.21 Å². The lowest BCUT2D eigenvalue weighted by molar-refractivity contribution is -0.833. The number of quaternary nitrogens is 1. The largest absolute Gasteiger partial charge is 0.633 e. The molecule has 0 aliphatic heterocycles. The third-order valence-corrected chi connectivity index (χ3v) is 3.00. The summed E-state index contributed by atoms with van der Waals surface area (Å²) in [6, 6.07) is 0. The summed E-state index contributed by atoms with van der Waals surface area (Å²) in [5.74, 6) is 0. The first-order chi connectivity index (χ1) is 8.70. The second-order valence-corrected chi connectivity index (χ2v) is 6.22. The van der Waals surface area contributed by atoms with E-state index in [0.29, 0.717) is 6.54 Å². The fourth-order valence-electron chi connectivity index (χ4n) is 1.71. The van der Waals surface area contributed by atoms with Gasteiger partial charge in [-0.2, -0.15) is 0 Å². The van der Waals surface area contributed by atoms with Crippen LogP contribution in [0.4, 0.5) is 0 Å². The Morgan fingerprint density at radius 1 is 0.842 bits per heavy atom. The monoisotopic (exact) mass is 265 g/mol. The van der Waals surface area contributed by atoms with Gasteiger partial charge in [0.1, 0.15) is 0 Å². The first-order valence-corrected chi connectivity index (χ1v) is 7.19. The number of hydroxylamine groups is 3. The van der Waals surface area contributed by atoms with Crippen LogP contribution in [-0.4, -0.2) is 25.3 Å². The maximum atomic E-state index is 11.4. The fraction of sp³-hybridized carbons (Fsp3) is 0.647. The molecule has 0 N–H and O–H groups in total. The van der Waals surface area contributed by atoms with Gasteiger partial charge in [-0.1, -0.05) is 28.9 Å². The average molecular weight is 265 g/mol. The molecule has 2 nitrogen and oxygen atoms in total. The van der Waals surface area contributed by atoms with Crippen LogP contribution in [0.1, 0.15) is 53.4 Å². The van der Waals surface area contributed by atoms with Crippen molar-refractivity contribution in [2.24, 2.45) is 0 Å². The number of hydrogen-bond donors (Lipinski definition) is 0. The van der Waals surface area contributed by atoms with E-state index >= 15 is 0 Å². The molecule has 0 rings (SSSR count). The molecule has 2 heteroatoms. The molecular formula is C17H31NO. The van der Waals surface area contributed by atoms with Gasteiger partial charge in [0.25, 0.3) is 0 Å². The van der Waals surface area contributed by atoms with Crippen LogP contribution < -0.4 is 0 Å². The molecule has 0 atom stereocenters. The molecule has 0 bridgehead atoms. The second-order valence-electron chi connectivity index (χ2n) is 6.22. The normalized spacial score (nSPS) is 13.6. The molecule has 0 radical (unpaired) electrons. The van der Waals surface area contributed by atoms with Gasteiger partial charge >= 0.3 is 0 Å². The van der Waals surface area contributed by atoms with Crippen LogP contribution in [0.5, 0.6) is 0 Å². The first kappa shape index (κ1) is 18.1. The summed E-state index contributed by atoms with van der Waals surface area (Å²) in [4.78, 5) is 0. The van der Waals surface area contributed by atoms with Gasteiger partial charge in [-0.15, -0.1) is 0 Å². The quantitative estimate of drug-likeness (QED) is 0.345. The zero-order valence-electron chi connectivity index (χ0n) is 13.6. The van der Waals surface area contributed by atoms with Gasteiger partial charge in [-0.25, -0.2) is 0 Å². The summed E-state index contributed by atoms with van der Waals surface area (Å²) in [6.07, 6.45) is 11.1. The van der Waals surface area contributed by atoms with Crippen LogP contribution in [-0.2, 0) is 0 Å². The molecule has 0 saturated heterocycles. The molecule has 0 spiro atoms. The highest BCUT2D eigenvalue weighted by Crippen LogP contribution is 2.11. The maximum Gasteiger partial charge on any atom is 0.0969 e. The Hall–Kier alpha value is -0.860. The average Bonchev–Trinajstić information content (AvgIpc) is 2.25. The maximum absolute atomic E-state index is 11.4. The Morgan fingerprint density at radius 3 is 1.79 bits per heavy atom. The number of nitrogens with zero attached hydrogens (tertiary/aromatic N) is 1. The van der Waals surface area contributed by atoms with Crippen molar-refractivity contribution >= 4 is 0 Å². The van der Waals surface area contributed by atoms with E-state index in [1.54, 1.807) is 14.1 Å². The van der Waals surface area contributed by atoms with Crippen LogP contribution in [0.15, 0.2) is 34.9 Å². The predicted molar refractivity (Wildman–Crippen MR) is 85.8 cm³/mol. The van der Waals surface area contributed by atoms with E-state index in [2.05, 4.69) is 45.9 Å². The summed E-state index contributed by atoms with van der Waals surface area (Å²) >= 11 is 0. The smallest absolute Gasteiger partial charge is 0.0969 e. The van der Waals surface area contributed by atoms with Crippen molar-refractivity contribution in [3.63, 3.8) is 0 Å². The van der Waals surface area contributed by atoms with Gasteiger partial charge in [-0.3, -0.25) is 0 Å². The topological polar surface area (TPSA) is 23.1 Å². The van der Waals surface area contributed by atoms with E-state index in [-0.39, 0.29) is 4.65 Å². The van der Waals surface area contributed by atoms with Crippen molar-refractivity contribution in [3.8, 4) is 0 Å². The lowest BCUT2D eigenvalue weighted by Gasteiger charge is -2.32. The van der Waals surface area contributed by atoms with Crippen molar-refractivity contribution in [2.45, 2.75) is 53.4 Å². The number of rotatable bonds is 8. The number of allylic oxidation sites excluding steroid dienone is 5. The van der Waals surface area contributed by atoms with Crippen LogP contribution in [0, 0.1) is 5.21 Å². The minimum absolute atomic E-state index is 0.241. The molecule has 0 aromatic carbocycles. The molecule has 0 heterocycles. The van der Waals surface area contributed by atoms with Gasteiger partial charge in [0.15, 0.2) is 0 Å². The molecule has 0 aliphatic carbocycles. The summed E-state index contributed by atoms with van der Waals surface area (Å²) in [6.45, 7) is 9.17. The van der Waals surface area contributed by atoms with E-state index in [1.807, 2.05) is 0 Å². The minimum Gasteiger partial charge on any atom is -0.633 e.